The van der Waals surface area contributed by atoms with Gasteiger partial charge in [0, 0.05) is 23.0 Å². The summed E-state index contributed by atoms with van der Waals surface area (Å²) in [5, 5.41) is 3.18. The molecule has 0 saturated heterocycles. The number of hydrogen-bond donors (Lipinski definition) is 1. The van der Waals surface area contributed by atoms with Gasteiger partial charge >= 0.3 is 0 Å². The Bertz CT molecular complexity index is 1040. The zero-order valence-electron chi connectivity index (χ0n) is 14.8. The van der Waals surface area contributed by atoms with E-state index in [2.05, 4.69) is 5.32 Å². The number of carbonyl (C=O) groups is 2. The molecule has 1 aliphatic rings. The summed E-state index contributed by atoms with van der Waals surface area (Å²) in [5.41, 5.74) is 4.20. The van der Waals surface area contributed by atoms with Gasteiger partial charge < -0.3 is 5.32 Å². The number of hydrogen-bond acceptors (Lipinski definition) is 3. The van der Waals surface area contributed by atoms with Crippen LogP contribution in [0.5, 0.6) is 0 Å². The third-order valence-corrected chi connectivity index (χ3v) is 4.53. The third-order valence-electron chi connectivity index (χ3n) is 4.53. The molecule has 132 valence electrons. The van der Waals surface area contributed by atoms with Crippen molar-refractivity contribution in [3.05, 3.63) is 102 Å². The second-order valence-corrected chi connectivity index (χ2v) is 6.40. The van der Waals surface area contributed by atoms with Crippen molar-refractivity contribution in [2.75, 3.05) is 10.2 Å². The molecule has 1 heterocycles. The maximum Gasteiger partial charge on any atom is 0.267 e. The number of para-hydroxylation sites is 1. The summed E-state index contributed by atoms with van der Waals surface area (Å²) in [6.45, 7) is 2.02. The van der Waals surface area contributed by atoms with E-state index >= 15 is 0 Å². The van der Waals surface area contributed by atoms with Crippen LogP contribution >= 0.6 is 0 Å². The fraction of sp³-hybridized carbons (Fsp3) is 0.0435. The molecular weight excluding hydrogens is 336 g/mol. The zero-order chi connectivity index (χ0) is 18.8. The topological polar surface area (TPSA) is 49.4 Å². The quantitative estimate of drug-likeness (QED) is 0.551. The predicted octanol–water partition coefficient (Wildman–Crippen LogP) is 4.64. The van der Waals surface area contributed by atoms with Crippen molar-refractivity contribution in [1.82, 2.24) is 0 Å². The summed E-state index contributed by atoms with van der Waals surface area (Å²) in [4.78, 5) is 27.3. The minimum atomic E-state index is -0.343. The molecule has 0 aromatic heterocycles. The van der Waals surface area contributed by atoms with Crippen molar-refractivity contribution in [1.29, 1.82) is 0 Å². The highest BCUT2D eigenvalue weighted by Gasteiger charge is 2.35. The van der Waals surface area contributed by atoms with Gasteiger partial charge in [0.05, 0.1) is 11.3 Å². The Morgan fingerprint density at radius 2 is 1.37 bits per heavy atom. The first-order valence-electron chi connectivity index (χ1n) is 8.72. The summed E-state index contributed by atoms with van der Waals surface area (Å²) < 4.78 is 0. The third kappa shape index (κ3) is 3.13. The van der Waals surface area contributed by atoms with Crippen LogP contribution in [0.25, 0.3) is 5.57 Å². The number of amides is 2. The van der Waals surface area contributed by atoms with Crippen LogP contribution in [0, 0.1) is 6.92 Å². The van der Waals surface area contributed by atoms with Crippen LogP contribution in [0.4, 0.5) is 11.4 Å². The summed E-state index contributed by atoms with van der Waals surface area (Å²) in [6, 6.07) is 24.1. The minimum Gasteiger partial charge on any atom is -0.361 e. The van der Waals surface area contributed by atoms with E-state index in [-0.39, 0.29) is 11.8 Å². The fourth-order valence-electron chi connectivity index (χ4n) is 3.11. The Kier molecular flexibility index (Phi) is 4.30. The fourth-order valence-corrected chi connectivity index (χ4v) is 3.11. The molecule has 0 aliphatic carbocycles. The molecule has 0 atom stereocenters. The summed E-state index contributed by atoms with van der Waals surface area (Å²) in [7, 11) is 0. The molecule has 0 fully saturated rings. The average molecular weight is 354 g/mol. The van der Waals surface area contributed by atoms with Gasteiger partial charge in [-0.25, -0.2) is 4.90 Å². The number of anilines is 2. The molecule has 0 saturated carbocycles. The summed E-state index contributed by atoms with van der Waals surface area (Å²) >= 11 is 0. The first-order chi connectivity index (χ1) is 13.1. The van der Waals surface area contributed by atoms with Gasteiger partial charge in [-0.05, 0) is 37.3 Å². The van der Waals surface area contributed by atoms with Crippen molar-refractivity contribution < 1.29 is 9.59 Å². The second kappa shape index (κ2) is 6.92. The minimum absolute atomic E-state index is 0.311. The number of nitrogens with zero attached hydrogens (tertiary/aromatic N) is 1. The molecule has 1 aliphatic heterocycles. The van der Waals surface area contributed by atoms with Crippen LogP contribution in [0.3, 0.4) is 0 Å². The van der Waals surface area contributed by atoms with Crippen LogP contribution in [0.1, 0.15) is 21.5 Å². The Morgan fingerprint density at radius 1 is 0.741 bits per heavy atom. The van der Waals surface area contributed by atoms with Crippen LogP contribution < -0.4 is 10.2 Å². The molecule has 3 aromatic rings. The largest absolute Gasteiger partial charge is 0.361 e. The lowest BCUT2D eigenvalue weighted by Crippen LogP contribution is -2.42. The van der Waals surface area contributed by atoms with E-state index in [0.717, 1.165) is 11.3 Å². The molecule has 27 heavy (non-hydrogen) atoms. The monoisotopic (exact) mass is 354 g/mol. The number of carbonyl (C=O) groups excluding carboxylic acids is 2. The van der Waals surface area contributed by atoms with E-state index in [1.807, 2.05) is 55.5 Å². The Morgan fingerprint density at radius 3 is 2.07 bits per heavy atom. The van der Waals surface area contributed by atoms with Crippen LogP contribution in [-0.4, -0.2) is 11.8 Å². The molecule has 3 aromatic carbocycles. The molecule has 1 N–H and O–H groups in total. The molecule has 4 rings (SSSR count). The molecule has 0 radical (unpaired) electrons. The van der Waals surface area contributed by atoms with E-state index in [1.165, 1.54) is 4.90 Å². The highest BCUT2D eigenvalue weighted by Crippen LogP contribution is 2.32. The lowest BCUT2D eigenvalue weighted by Gasteiger charge is -2.28. The smallest absolute Gasteiger partial charge is 0.267 e. The number of imide groups is 1. The van der Waals surface area contributed by atoms with Gasteiger partial charge in [-0.15, -0.1) is 0 Å². The predicted molar refractivity (Wildman–Crippen MR) is 107 cm³/mol. The standard InChI is InChI=1S/C23H18N2O2/c1-16-11-13-17(14-12-16)24-15-21-19-9-5-6-10-20(19)22(26)25(23(21)27)18-7-3-2-4-8-18/h2-15,24H,1H3. The van der Waals surface area contributed by atoms with Gasteiger partial charge in [-0.2, -0.15) is 0 Å². The number of rotatable bonds is 3. The van der Waals surface area contributed by atoms with Crippen molar-refractivity contribution in [3.8, 4) is 0 Å². The van der Waals surface area contributed by atoms with Crippen molar-refractivity contribution in [2.45, 2.75) is 6.92 Å². The number of fused-ring (bicyclic) bond motifs is 1. The molecule has 0 spiro atoms. The maximum absolute atomic E-state index is 13.2. The van der Waals surface area contributed by atoms with Gasteiger partial charge in [-0.1, -0.05) is 54.1 Å². The van der Waals surface area contributed by atoms with E-state index in [0.29, 0.717) is 22.4 Å². The van der Waals surface area contributed by atoms with Crippen LogP contribution in [0.2, 0.25) is 0 Å². The Labute approximate surface area is 157 Å². The van der Waals surface area contributed by atoms with Gasteiger partial charge in [0.1, 0.15) is 0 Å². The van der Waals surface area contributed by atoms with E-state index in [9.17, 15) is 9.59 Å². The highest BCUT2D eigenvalue weighted by atomic mass is 16.2. The molecule has 2 amide bonds. The van der Waals surface area contributed by atoms with Crippen LogP contribution in [0.15, 0.2) is 85.1 Å². The van der Waals surface area contributed by atoms with Gasteiger partial charge in [0.25, 0.3) is 11.8 Å². The van der Waals surface area contributed by atoms with E-state index in [1.54, 1.807) is 36.5 Å². The Hall–Kier alpha value is -3.66. The normalized spacial score (nSPS) is 15.0. The number of aryl methyl sites for hydroxylation is 1. The highest BCUT2D eigenvalue weighted by molar-refractivity contribution is 6.41. The molecule has 4 heteroatoms. The maximum atomic E-state index is 13.2. The van der Waals surface area contributed by atoms with Gasteiger partial charge in [-0.3, -0.25) is 9.59 Å². The zero-order valence-corrected chi connectivity index (χ0v) is 14.8. The average Bonchev–Trinajstić information content (AvgIpc) is 2.70. The van der Waals surface area contributed by atoms with E-state index < -0.39 is 0 Å². The van der Waals surface area contributed by atoms with E-state index in [4.69, 9.17) is 0 Å². The lowest BCUT2D eigenvalue weighted by atomic mass is 9.93. The summed E-state index contributed by atoms with van der Waals surface area (Å²) in [6.07, 6.45) is 1.67. The molecule has 0 bridgehead atoms. The second-order valence-electron chi connectivity index (χ2n) is 6.40. The number of nitrogens with one attached hydrogen (secondary N) is 1. The van der Waals surface area contributed by atoms with Crippen LogP contribution in [-0.2, 0) is 4.79 Å². The first kappa shape index (κ1) is 16.8. The Balaban J connectivity index is 1.78. The number of benzene rings is 3. The molecule has 0 unspecified atom stereocenters. The van der Waals surface area contributed by atoms with Gasteiger partial charge in [0.2, 0.25) is 0 Å². The molecular formula is C23H18N2O2. The first-order valence-corrected chi connectivity index (χ1v) is 8.72. The van der Waals surface area contributed by atoms with Crippen molar-refractivity contribution >= 4 is 28.8 Å². The summed E-state index contributed by atoms with van der Waals surface area (Å²) in [5.74, 6) is -0.654. The SMILES string of the molecule is Cc1ccc(NC=C2C(=O)N(c3ccccc3)C(=O)c3ccccc32)cc1. The van der Waals surface area contributed by atoms with Gasteiger partial charge in [0.15, 0.2) is 0 Å². The van der Waals surface area contributed by atoms with Crippen molar-refractivity contribution in [3.63, 3.8) is 0 Å². The van der Waals surface area contributed by atoms with Crippen molar-refractivity contribution in [2.24, 2.45) is 0 Å². The molecule has 4 nitrogen and oxygen atoms in total. The lowest BCUT2D eigenvalue weighted by molar-refractivity contribution is -0.112.